The first-order valence-corrected chi connectivity index (χ1v) is 11.8. The molecule has 2 heterocycles. The van der Waals surface area contributed by atoms with E-state index in [0.29, 0.717) is 17.9 Å². The van der Waals surface area contributed by atoms with Gasteiger partial charge in [0.05, 0.1) is 18.8 Å². The number of carbonyl (C=O) groups excluding carboxylic acids is 1. The number of aromatic nitrogens is 2. The Morgan fingerprint density at radius 3 is 2.53 bits per heavy atom. The van der Waals surface area contributed by atoms with E-state index in [2.05, 4.69) is 27.3 Å². The fourth-order valence-corrected chi connectivity index (χ4v) is 4.02. The molecule has 0 unspecified atom stereocenters. The number of benzene rings is 2. The van der Waals surface area contributed by atoms with Gasteiger partial charge >= 0.3 is 6.09 Å². The third-order valence-corrected chi connectivity index (χ3v) is 5.98. The summed E-state index contributed by atoms with van der Waals surface area (Å²) in [6, 6.07) is 12.8. The number of likely N-dealkylation sites (N-methyl/N-ethyl adjacent to an activating group) is 1. The van der Waals surface area contributed by atoms with E-state index >= 15 is 0 Å². The third kappa shape index (κ3) is 7.19. The van der Waals surface area contributed by atoms with Gasteiger partial charge in [0.2, 0.25) is 0 Å². The number of halogens is 2. The summed E-state index contributed by atoms with van der Waals surface area (Å²) in [5.74, 6) is -1.45. The summed E-state index contributed by atoms with van der Waals surface area (Å²) in [5.41, 5.74) is 1.36. The highest BCUT2D eigenvalue weighted by molar-refractivity contribution is 5.84. The third-order valence-electron chi connectivity index (χ3n) is 5.98. The zero-order chi connectivity index (χ0) is 25.5. The van der Waals surface area contributed by atoms with Crippen molar-refractivity contribution in [1.29, 1.82) is 0 Å². The zero-order valence-corrected chi connectivity index (χ0v) is 20.1. The zero-order valence-electron chi connectivity index (χ0n) is 20.1. The topological polar surface area (TPSA) is 79.7 Å². The molecule has 1 fully saturated rings. The molecule has 1 aromatic heterocycles. The molecule has 0 spiro atoms. The van der Waals surface area contributed by atoms with Gasteiger partial charge in [-0.1, -0.05) is 12.1 Å². The standard InChI is InChI=1S/C26H29F2N5O3/c1-31-9-11-32(12-10-31)8-3-13-36-26(35)29-23-5-2-4-19(14-23)18-33-25(34)7-6-24(30-33)20-15-21(27)17-22(28)16-20/h2,4-7,14-17H,3,8-13,18H2,1H3,(H,29,35). The average molecular weight is 498 g/mol. The smallest absolute Gasteiger partial charge is 0.411 e. The van der Waals surface area contributed by atoms with Gasteiger partial charge in [0.25, 0.3) is 5.56 Å². The van der Waals surface area contributed by atoms with Crippen LogP contribution in [0.1, 0.15) is 12.0 Å². The summed E-state index contributed by atoms with van der Waals surface area (Å²) in [5, 5.41) is 6.96. The monoisotopic (exact) mass is 497 g/mol. The average Bonchev–Trinajstić information content (AvgIpc) is 2.84. The van der Waals surface area contributed by atoms with Crippen LogP contribution in [-0.2, 0) is 11.3 Å². The molecule has 3 aromatic rings. The van der Waals surface area contributed by atoms with E-state index in [-0.39, 0.29) is 23.4 Å². The number of ether oxygens (including phenoxy) is 1. The maximum atomic E-state index is 13.6. The van der Waals surface area contributed by atoms with E-state index in [1.54, 1.807) is 24.3 Å². The fraction of sp³-hybridized carbons (Fsp3) is 0.346. The SMILES string of the molecule is CN1CCN(CCCOC(=O)Nc2cccc(Cn3nc(-c4cc(F)cc(F)c4)ccc3=O)c2)CC1. The van der Waals surface area contributed by atoms with Crippen molar-refractivity contribution >= 4 is 11.8 Å². The van der Waals surface area contributed by atoms with Crippen LogP contribution in [0, 0.1) is 11.6 Å². The summed E-state index contributed by atoms with van der Waals surface area (Å²) < 4.78 is 33.7. The normalized spacial score (nSPS) is 14.5. The minimum Gasteiger partial charge on any atom is -0.449 e. The van der Waals surface area contributed by atoms with Gasteiger partial charge in [-0.25, -0.2) is 18.3 Å². The lowest BCUT2D eigenvalue weighted by Gasteiger charge is -2.32. The van der Waals surface area contributed by atoms with Gasteiger partial charge < -0.3 is 14.5 Å². The van der Waals surface area contributed by atoms with E-state index in [9.17, 15) is 18.4 Å². The molecule has 190 valence electrons. The van der Waals surface area contributed by atoms with E-state index in [0.717, 1.165) is 57.3 Å². The van der Waals surface area contributed by atoms with E-state index < -0.39 is 17.7 Å². The van der Waals surface area contributed by atoms with Gasteiger partial charge in [-0.15, -0.1) is 0 Å². The van der Waals surface area contributed by atoms with Crippen molar-refractivity contribution in [2.75, 3.05) is 51.7 Å². The molecule has 0 atom stereocenters. The molecule has 0 aliphatic carbocycles. The lowest BCUT2D eigenvalue weighted by Crippen LogP contribution is -2.44. The Morgan fingerprint density at radius 1 is 1.03 bits per heavy atom. The highest BCUT2D eigenvalue weighted by atomic mass is 19.1. The summed E-state index contributed by atoms with van der Waals surface area (Å²) >= 11 is 0. The Morgan fingerprint density at radius 2 is 1.78 bits per heavy atom. The van der Waals surface area contributed by atoms with E-state index in [1.165, 1.54) is 16.8 Å². The first-order valence-electron chi connectivity index (χ1n) is 11.8. The quantitative estimate of drug-likeness (QED) is 0.481. The lowest BCUT2D eigenvalue weighted by atomic mass is 10.1. The van der Waals surface area contributed by atoms with Crippen molar-refractivity contribution in [3.05, 3.63) is 82.1 Å². The van der Waals surface area contributed by atoms with Gasteiger partial charge in [-0.3, -0.25) is 10.1 Å². The van der Waals surface area contributed by atoms with Gasteiger partial charge in [0.15, 0.2) is 0 Å². The van der Waals surface area contributed by atoms with Gasteiger partial charge in [0.1, 0.15) is 11.6 Å². The molecule has 0 bridgehead atoms. The molecule has 1 amide bonds. The van der Waals surface area contributed by atoms with Crippen molar-refractivity contribution in [3.8, 4) is 11.3 Å². The molecule has 10 heteroatoms. The first kappa shape index (κ1) is 25.5. The Kier molecular flexibility index (Phi) is 8.40. The number of hydrogen-bond acceptors (Lipinski definition) is 6. The molecular formula is C26H29F2N5O3. The second kappa shape index (κ2) is 11.9. The molecule has 1 N–H and O–H groups in total. The first-order chi connectivity index (χ1) is 17.4. The number of nitrogens with one attached hydrogen (secondary N) is 1. The maximum Gasteiger partial charge on any atom is 0.411 e. The highest BCUT2D eigenvalue weighted by Crippen LogP contribution is 2.19. The summed E-state index contributed by atoms with van der Waals surface area (Å²) in [4.78, 5) is 29.2. The Bertz CT molecular complexity index is 1240. The summed E-state index contributed by atoms with van der Waals surface area (Å²) in [7, 11) is 2.11. The molecule has 4 rings (SSSR count). The molecule has 0 radical (unpaired) electrons. The Hall–Kier alpha value is -3.63. The van der Waals surface area contributed by atoms with Crippen molar-refractivity contribution in [3.63, 3.8) is 0 Å². The molecule has 2 aromatic carbocycles. The van der Waals surface area contributed by atoms with Crippen LogP contribution >= 0.6 is 0 Å². The fourth-order valence-electron chi connectivity index (χ4n) is 4.02. The predicted molar refractivity (Wildman–Crippen MR) is 133 cm³/mol. The maximum absolute atomic E-state index is 13.6. The highest BCUT2D eigenvalue weighted by Gasteiger charge is 2.13. The summed E-state index contributed by atoms with van der Waals surface area (Å²) in [6.45, 7) is 5.47. The molecule has 8 nitrogen and oxygen atoms in total. The Balaban J connectivity index is 1.32. The number of anilines is 1. The second-order valence-corrected chi connectivity index (χ2v) is 8.83. The van der Waals surface area contributed by atoms with Crippen LogP contribution in [0.5, 0.6) is 0 Å². The predicted octanol–water partition coefficient (Wildman–Crippen LogP) is 3.42. The molecule has 1 aliphatic rings. The van der Waals surface area contributed by atoms with Crippen molar-refractivity contribution in [2.45, 2.75) is 13.0 Å². The van der Waals surface area contributed by atoms with Crippen molar-refractivity contribution < 1.29 is 18.3 Å². The summed E-state index contributed by atoms with van der Waals surface area (Å²) in [6.07, 6.45) is 0.216. The molecular weight excluding hydrogens is 468 g/mol. The molecule has 1 aliphatic heterocycles. The second-order valence-electron chi connectivity index (χ2n) is 8.83. The van der Waals surface area contributed by atoms with Gasteiger partial charge in [-0.05, 0) is 49.4 Å². The number of nitrogens with zero attached hydrogens (tertiary/aromatic N) is 4. The van der Waals surface area contributed by atoms with Crippen LogP contribution in [0.4, 0.5) is 19.3 Å². The van der Waals surface area contributed by atoms with Crippen LogP contribution in [0.15, 0.2) is 59.4 Å². The number of rotatable bonds is 8. The minimum atomic E-state index is -0.727. The van der Waals surface area contributed by atoms with Crippen LogP contribution in [-0.4, -0.2) is 72.1 Å². The van der Waals surface area contributed by atoms with E-state index in [1.807, 2.05) is 0 Å². The molecule has 0 saturated carbocycles. The number of amides is 1. The molecule has 1 saturated heterocycles. The van der Waals surface area contributed by atoms with Crippen LogP contribution in [0.25, 0.3) is 11.3 Å². The molecule has 36 heavy (non-hydrogen) atoms. The minimum absolute atomic E-state index is 0.111. The van der Waals surface area contributed by atoms with Gasteiger partial charge in [-0.2, -0.15) is 5.10 Å². The van der Waals surface area contributed by atoms with Crippen LogP contribution < -0.4 is 10.9 Å². The van der Waals surface area contributed by atoms with Gasteiger partial charge in [0, 0.05) is 56.1 Å². The number of carbonyl (C=O) groups is 1. The number of hydrogen-bond donors (Lipinski definition) is 1. The Labute approximate surface area is 208 Å². The lowest BCUT2D eigenvalue weighted by molar-refractivity contribution is 0.130. The van der Waals surface area contributed by atoms with Crippen LogP contribution in [0.3, 0.4) is 0 Å². The van der Waals surface area contributed by atoms with Crippen LogP contribution in [0.2, 0.25) is 0 Å². The van der Waals surface area contributed by atoms with E-state index in [4.69, 9.17) is 4.74 Å². The van der Waals surface area contributed by atoms with Crippen molar-refractivity contribution in [2.24, 2.45) is 0 Å². The van der Waals surface area contributed by atoms with Crippen molar-refractivity contribution in [1.82, 2.24) is 19.6 Å². The largest absolute Gasteiger partial charge is 0.449 e. The number of piperazine rings is 1.